The zero-order chi connectivity index (χ0) is 15.0. The highest BCUT2D eigenvalue weighted by atomic mass is 16.4. The van der Waals surface area contributed by atoms with Crippen molar-refractivity contribution in [3.05, 3.63) is 54.5 Å². The second kappa shape index (κ2) is 5.05. The highest BCUT2D eigenvalue weighted by molar-refractivity contribution is 5.96. The molecule has 2 heterocycles. The maximum absolute atomic E-state index is 11.4. The predicted octanol–water partition coefficient (Wildman–Crippen LogP) is 3.98. The highest BCUT2D eigenvalue weighted by Crippen LogP contribution is 2.31. The molecule has 0 unspecified atom stereocenters. The molecular formula is C17H16N2O2. The molecule has 0 atom stereocenters. The Morgan fingerprint density at radius 2 is 2.00 bits per heavy atom. The maximum atomic E-state index is 11.4. The standard InChI is InChI=1S/C17H16N2O2/c1-11(2)19-15(6-7-16(19)17(20)21)13-5-3-4-12-8-9-18-10-14(12)13/h3-11H,1-2H3,(H,20,21). The topological polar surface area (TPSA) is 55.1 Å². The third-order valence-corrected chi connectivity index (χ3v) is 3.61. The molecular weight excluding hydrogens is 264 g/mol. The van der Waals surface area contributed by atoms with E-state index in [1.165, 1.54) is 0 Å². The lowest BCUT2D eigenvalue weighted by molar-refractivity contribution is 0.0683. The molecule has 0 aliphatic heterocycles. The summed E-state index contributed by atoms with van der Waals surface area (Å²) in [6, 6.07) is 11.6. The fourth-order valence-corrected chi connectivity index (χ4v) is 2.74. The van der Waals surface area contributed by atoms with Gasteiger partial charge in [-0.2, -0.15) is 0 Å². The molecule has 4 nitrogen and oxygen atoms in total. The van der Waals surface area contributed by atoms with E-state index in [1.807, 2.05) is 54.9 Å². The van der Waals surface area contributed by atoms with E-state index >= 15 is 0 Å². The van der Waals surface area contributed by atoms with Gasteiger partial charge in [0.1, 0.15) is 5.69 Å². The molecule has 1 aromatic carbocycles. The maximum Gasteiger partial charge on any atom is 0.352 e. The summed E-state index contributed by atoms with van der Waals surface area (Å²) in [6.07, 6.45) is 3.58. The summed E-state index contributed by atoms with van der Waals surface area (Å²) < 4.78 is 1.85. The van der Waals surface area contributed by atoms with Crippen molar-refractivity contribution in [2.24, 2.45) is 0 Å². The van der Waals surface area contributed by atoms with Gasteiger partial charge in [-0.3, -0.25) is 4.98 Å². The summed E-state index contributed by atoms with van der Waals surface area (Å²) in [6.45, 7) is 3.97. The average Bonchev–Trinajstić information content (AvgIpc) is 2.91. The third kappa shape index (κ3) is 2.18. The van der Waals surface area contributed by atoms with Crippen LogP contribution in [0.4, 0.5) is 0 Å². The molecule has 3 aromatic rings. The number of carboxylic acids is 1. The number of carboxylic acid groups (broad SMARTS) is 1. The Kier molecular flexibility index (Phi) is 3.22. The molecule has 1 N–H and O–H groups in total. The van der Waals surface area contributed by atoms with E-state index in [0.717, 1.165) is 22.0 Å². The quantitative estimate of drug-likeness (QED) is 0.789. The van der Waals surface area contributed by atoms with Crippen LogP contribution in [0.5, 0.6) is 0 Å². The SMILES string of the molecule is CC(C)n1c(C(=O)O)ccc1-c1cccc2ccncc12. The van der Waals surface area contributed by atoms with E-state index < -0.39 is 5.97 Å². The van der Waals surface area contributed by atoms with Gasteiger partial charge in [-0.05, 0) is 37.4 Å². The number of nitrogens with zero attached hydrogens (tertiary/aromatic N) is 2. The number of aromatic carboxylic acids is 1. The number of pyridine rings is 1. The first-order chi connectivity index (χ1) is 10.1. The smallest absolute Gasteiger partial charge is 0.352 e. The van der Waals surface area contributed by atoms with Crippen molar-refractivity contribution < 1.29 is 9.90 Å². The number of hydrogen-bond acceptors (Lipinski definition) is 2. The van der Waals surface area contributed by atoms with Gasteiger partial charge in [0.15, 0.2) is 0 Å². The minimum absolute atomic E-state index is 0.0630. The Bertz CT molecular complexity index is 813. The first-order valence-corrected chi connectivity index (χ1v) is 6.87. The van der Waals surface area contributed by atoms with Crippen LogP contribution in [0.25, 0.3) is 22.0 Å². The predicted molar refractivity (Wildman–Crippen MR) is 82.5 cm³/mol. The van der Waals surface area contributed by atoms with Crippen LogP contribution in [-0.2, 0) is 0 Å². The summed E-state index contributed by atoms with van der Waals surface area (Å²) in [5.74, 6) is -0.909. The van der Waals surface area contributed by atoms with Crippen LogP contribution in [0.3, 0.4) is 0 Å². The lowest BCUT2D eigenvalue weighted by Gasteiger charge is -2.16. The van der Waals surface area contributed by atoms with Gasteiger partial charge in [0.2, 0.25) is 0 Å². The molecule has 0 saturated heterocycles. The molecule has 106 valence electrons. The van der Waals surface area contributed by atoms with Crippen LogP contribution < -0.4 is 0 Å². The largest absolute Gasteiger partial charge is 0.477 e. The first kappa shape index (κ1) is 13.4. The van der Waals surface area contributed by atoms with E-state index in [2.05, 4.69) is 4.98 Å². The van der Waals surface area contributed by atoms with Gasteiger partial charge < -0.3 is 9.67 Å². The van der Waals surface area contributed by atoms with Crippen molar-refractivity contribution in [1.82, 2.24) is 9.55 Å². The molecule has 0 fully saturated rings. The molecule has 0 bridgehead atoms. The Morgan fingerprint density at radius 3 is 2.71 bits per heavy atom. The summed E-state index contributed by atoms with van der Waals surface area (Å²) in [7, 11) is 0. The number of hydrogen-bond donors (Lipinski definition) is 1. The third-order valence-electron chi connectivity index (χ3n) is 3.61. The number of rotatable bonds is 3. The number of benzene rings is 1. The fraction of sp³-hybridized carbons (Fsp3) is 0.176. The van der Waals surface area contributed by atoms with E-state index in [4.69, 9.17) is 0 Å². The van der Waals surface area contributed by atoms with E-state index in [0.29, 0.717) is 5.69 Å². The van der Waals surface area contributed by atoms with E-state index in [-0.39, 0.29) is 6.04 Å². The summed E-state index contributed by atoms with van der Waals surface area (Å²) in [5.41, 5.74) is 2.21. The van der Waals surface area contributed by atoms with Gasteiger partial charge >= 0.3 is 5.97 Å². The highest BCUT2D eigenvalue weighted by Gasteiger charge is 2.18. The Hall–Kier alpha value is -2.62. The van der Waals surface area contributed by atoms with Crippen molar-refractivity contribution in [3.63, 3.8) is 0 Å². The van der Waals surface area contributed by atoms with Gasteiger partial charge in [-0.25, -0.2) is 4.79 Å². The van der Waals surface area contributed by atoms with Crippen LogP contribution in [0, 0.1) is 0 Å². The second-order valence-corrected chi connectivity index (χ2v) is 5.28. The van der Waals surface area contributed by atoms with Crippen molar-refractivity contribution in [2.75, 3.05) is 0 Å². The first-order valence-electron chi connectivity index (χ1n) is 6.87. The van der Waals surface area contributed by atoms with Crippen molar-refractivity contribution in [1.29, 1.82) is 0 Å². The monoisotopic (exact) mass is 280 g/mol. The minimum atomic E-state index is -0.909. The second-order valence-electron chi connectivity index (χ2n) is 5.28. The Balaban J connectivity index is 2.31. The van der Waals surface area contributed by atoms with Crippen molar-refractivity contribution >= 4 is 16.7 Å². The summed E-state index contributed by atoms with van der Waals surface area (Å²) >= 11 is 0. The molecule has 0 aliphatic carbocycles. The molecule has 0 amide bonds. The van der Waals surface area contributed by atoms with Gasteiger partial charge in [-0.15, -0.1) is 0 Å². The molecule has 4 heteroatoms. The van der Waals surface area contributed by atoms with Crippen LogP contribution in [0.1, 0.15) is 30.4 Å². The number of carbonyl (C=O) groups is 1. The average molecular weight is 280 g/mol. The Labute approximate surface area is 122 Å². The van der Waals surface area contributed by atoms with Gasteiger partial charge in [0.05, 0.1) is 0 Å². The van der Waals surface area contributed by atoms with Gasteiger partial charge in [0.25, 0.3) is 0 Å². The molecule has 0 saturated carbocycles. The lowest BCUT2D eigenvalue weighted by atomic mass is 10.0. The lowest BCUT2D eigenvalue weighted by Crippen LogP contribution is -2.11. The molecule has 21 heavy (non-hydrogen) atoms. The summed E-state index contributed by atoms with van der Waals surface area (Å²) in [5, 5.41) is 11.5. The van der Waals surface area contributed by atoms with E-state index in [9.17, 15) is 9.90 Å². The molecule has 0 radical (unpaired) electrons. The molecule has 0 aliphatic rings. The van der Waals surface area contributed by atoms with E-state index in [1.54, 1.807) is 12.3 Å². The number of aromatic nitrogens is 2. The normalized spacial score (nSPS) is 11.2. The van der Waals surface area contributed by atoms with Crippen LogP contribution in [0.15, 0.2) is 48.8 Å². The van der Waals surface area contributed by atoms with Crippen LogP contribution >= 0.6 is 0 Å². The zero-order valence-electron chi connectivity index (χ0n) is 11.9. The summed E-state index contributed by atoms with van der Waals surface area (Å²) in [4.78, 5) is 15.6. The van der Waals surface area contributed by atoms with Crippen LogP contribution in [-0.4, -0.2) is 20.6 Å². The Morgan fingerprint density at radius 1 is 1.19 bits per heavy atom. The minimum Gasteiger partial charge on any atom is -0.477 e. The molecule has 0 spiro atoms. The number of fused-ring (bicyclic) bond motifs is 1. The van der Waals surface area contributed by atoms with Crippen molar-refractivity contribution in [2.45, 2.75) is 19.9 Å². The van der Waals surface area contributed by atoms with Crippen molar-refractivity contribution in [3.8, 4) is 11.3 Å². The van der Waals surface area contributed by atoms with Crippen LogP contribution in [0.2, 0.25) is 0 Å². The zero-order valence-corrected chi connectivity index (χ0v) is 11.9. The molecule has 2 aromatic heterocycles. The van der Waals surface area contributed by atoms with Gasteiger partial charge in [-0.1, -0.05) is 18.2 Å². The molecule has 3 rings (SSSR count). The van der Waals surface area contributed by atoms with Gasteiger partial charge in [0, 0.05) is 35.1 Å². The fourth-order valence-electron chi connectivity index (χ4n) is 2.74.